The van der Waals surface area contributed by atoms with Gasteiger partial charge in [-0.2, -0.15) is 5.10 Å². The molecule has 4 rings (SSSR count). The molecule has 1 atom stereocenters. The van der Waals surface area contributed by atoms with Crippen molar-refractivity contribution in [2.45, 2.75) is 46.6 Å². The van der Waals surface area contributed by atoms with E-state index in [2.05, 4.69) is 36.3 Å². The normalized spacial score (nSPS) is 15.8. The molecular formula is C24H28N4O4. The van der Waals surface area contributed by atoms with E-state index in [-0.39, 0.29) is 17.3 Å². The average molecular weight is 437 g/mol. The molecule has 0 saturated carbocycles. The molecule has 3 aromatic rings. The number of fused-ring (bicyclic) bond motifs is 1. The first-order valence-corrected chi connectivity index (χ1v) is 10.7. The number of rotatable bonds is 5. The van der Waals surface area contributed by atoms with Crippen molar-refractivity contribution >= 4 is 17.6 Å². The number of carbonyl (C=O) groups excluding carboxylic acids is 2. The van der Waals surface area contributed by atoms with Gasteiger partial charge in [0.2, 0.25) is 0 Å². The first kappa shape index (κ1) is 21.8. The number of aryl methyl sites for hydroxylation is 1. The highest BCUT2D eigenvalue weighted by Gasteiger charge is 2.34. The zero-order valence-corrected chi connectivity index (χ0v) is 18.8. The molecule has 2 aromatic heterocycles. The van der Waals surface area contributed by atoms with Crippen LogP contribution in [0, 0.1) is 11.3 Å². The Labute approximate surface area is 186 Å². The van der Waals surface area contributed by atoms with Crippen molar-refractivity contribution in [2.75, 3.05) is 12.4 Å². The van der Waals surface area contributed by atoms with Gasteiger partial charge in [0.1, 0.15) is 5.76 Å². The van der Waals surface area contributed by atoms with Crippen LogP contribution in [0.1, 0.15) is 64.9 Å². The lowest BCUT2D eigenvalue weighted by molar-refractivity contribution is 0.0600. The van der Waals surface area contributed by atoms with E-state index in [4.69, 9.17) is 9.26 Å². The second-order valence-electron chi connectivity index (χ2n) is 9.31. The van der Waals surface area contributed by atoms with Crippen molar-refractivity contribution in [3.05, 3.63) is 64.8 Å². The van der Waals surface area contributed by atoms with Crippen LogP contribution in [0.2, 0.25) is 0 Å². The summed E-state index contributed by atoms with van der Waals surface area (Å²) in [6.45, 7) is 7.19. The van der Waals surface area contributed by atoms with E-state index in [1.54, 1.807) is 29.2 Å². The Bertz CT molecular complexity index is 1120. The van der Waals surface area contributed by atoms with Gasteiger partial charge >= 0.3 is 5.97 Å². The number of nitrogens with zero attached hydrogens (tertiary/aromatic N) is 3. The fourth-order valence-corrected chi connectivity index (χ4v) is 4.08. The van der Waals surface area contributed by atoms with Gasteiger partial charge in [0.05, 0.1) is 31.1 Å². The maximum absolute atomic E-state index is 12.9. The SMILES string of the molecule is COC(=O)c1ccc(Cn2cc(NC(=O)c3noc4c3CC(C(C)(C)C)CC4)cn2)cc1. The van der Waals surface area contributed by atoms with Crippen molar-refractivity contribution in [1.29, 1.82) is 0 Å². The van der Waals surface area contributed by atoms with E-state index in [1.165, 1.54) is 7.11 Å². The molecule has 2 heterocycles. The monoisotopic (exact) mass is 436 g/mol. The number of esters is 1. The largest absolute Gasteiger partial charge is 0.465 e. The van der Waals surface area contributed by atoms with Crippen LogP contribution in [0.5, 0.6) is 0 Å². The number of carbonyl (C=O) groups is 2. The lowest BCUT2D eigenvalue weighted by Gasteiger charge is -2.33. The Hall–Kier alpha value is -3.42. The van der Waals surface area contributed by atoms with E-state index < -0.39 is 0 Å². The number of hydrogen-bond donors (Lipinski definition) is 1. The van der Waals surface area contributed by atoms with Gasteiger partial charge < -0.3 is 14.6 Å². The lowest BCUT2D eigenvalue weighted by Crippen LogP contribution is -2.27. The van der Waals surface area contributed by atoms with Gasteiger partial charge in [0.15, 0.2) is 5.69 Å². The Morgan fingerprint density at radius 1 is 1.25 bits per heavy atom. The lowest BCUT2D eigenvalue weighted by atomic mass is 9.71. The number of nitrogens with one attached hydrogen (secondary N) is 1. The fraction of sp³-hybridized carbons (Fsp3) is 0.417. The van der Waals surface area contributed by atoms with Crippen molar-refractivity contribution in [3.8, 4) is 0 Å². The van der Waals surface area contributed by atoms with Crippen LogP contribution < -0.4 is 5.32 Å². The summed E-state index contributed by atoms with van der Waals surface area (Å²) < 4.78 is 11.9. The molecule has 0 fully saturated rings. The van der Waals surface area contributed by atoms with Gasteiger partial charge in [-0.05, 0) is 41.9 Å². The molecule has 8 nitrogen and oxygen atoms in total. The molecule has 1 amide bonds. The molecule has 0 radical (unpaired) electrons. The molecule has 1 N–H and O–H groups in total. The quantitative estimate of drug-likeness (QED) is 0.604. The van der Waals surface area contributed by atoms with Crippen molar-refractivity contribution in [2.24, 2.45) is 11.3 Å². The molecule has 0 aliphatic heterocycles. The molecule has 1 aliphatic carbocycles. The summed E-state index contributed by atoms with van der Waals surface area (Å²) in [4.78, 5) is 24.4. The number of amides is 1. The predicted octanol–water partition coefficient (Wildman–Crippen LogP) is 4.11. The van der Waals surface area contributed by atoms with Gasteiger partial charge in [-0.1, -0.05) is 38.1 Å². The van der Waals surface area contributed by atoms with Gasteiger partial charge in [-0.15, -0.1) is 0 Å². The summed E-state index contributed by atoms with van der Waals surface area (Å²) in [5.41, 5.74) is 3.50. The molecule has 1 aliphatic rings. The van der Waals surface area contributed by atoms with Crippen LogP contribution in [0.4, 0.5) is 5.69 Å². The summed E-state index contributed by atoms with van der Waals surface area (Å²) in [7, 11) is 1.35. The van der Waals surface area contributed by atoms with E-state index >= 15 is 0 Å². The number of methoxy groups -OCH3 is 1. The highest BCUT2D eigenvalue weighted by Crippen LogP contribution is 2.38. The Morgan fingerprint density at radius 3 is 2.69 bits per heavy atom. The minimum atomic E-state index is -0.371. The van der Waals surface area contributed by atoms with E-state index in [0.29, 0.717) is 29.4 Å². The summed E-state index contributed by atoms with van der Waals surface area (Å²) in [6, 6.07) is 7.12. The highest BCUT2D eigenvalue weighted by atomic mass is 16.5. The standard InChI is InChI=1S/C24H28N4O4/c1-24(2,3)17-9-10-20-19(11-17)21(27-32-20)22(29)26-18-12-25-28(14-18)13-15-5-7-16(8-6-15)23(30)31-4/h5-8,12,14,17H,9-11,13H2,1-4H3,(H,26,29). The molecule has 0 spiro atoms. The van der Waals surface area contributed by atoms with Crippen LogP contribution in [-0.2, 0) is 24.1 Å². The third kappa shape index (κ3) is 4.59. The summed E-state index contributed by atoms with van der Waals surface area (Å²) >= 11 is 0. The van der Waals surface area contributed by atoms with Crippen molar-refractivity contribution in [3.63, 3.8) is 0 Å². The molecule has 1 unspecified atom stereocenters. The van der Waals surface area contributed by atoms with Crippen molar-refractivity contribution < 1.29 is 18.8 Å². The Balaban J connectivity index is 1.42. The first-order valence-electron chi connectivity index (χ1n) is 10.7. The first-order chi connectivity index (χ1) is 15.2. The van der Waals surface area contributed by atoms with E-state index in [9.17, 15) is 9.59 Å². The molecule has 32 heavy (non-hydrogen) atoms. The zero-order chi connectivity index (χ0) is 22.9. The van der Waals surface area contributed by atoms with E-state index in [0.717, 1.165) is 36.1 Å². The fourth-order valence-electron chi connectivity index (χ4n) is 4.08. The van der Waals surface area contributed by atoms with Gasteiger partial charge in [-0.25, -0.2) is 4.79 Å². The number of benzene rings is 1. The second kappa shape index (κ2) is 8.61. The predicted molar refractivity (Wildman–Crippen MR) is 119 cm³/mol. The van der Waals surface area contributed by atoms with Crippen LogP contribution >= 0.6 is 0 Å². The Morgan fingerprint density at radius 2 is 2.00 bits per heavy atom. The summed E-state index contributed by atoms with van der Waals surface area (Å²) in [5.74, 6) is 0.645. The maximum Gasteiger partial charge on any atom is 0.337 e. The number of hydrogen-bond acceptors (Lipinski definition) is 6. The van der Waals surface area contributed by atoms with Crippen molar-refractivity contribution in [1.82, 2.24) is 14.9 Å². The second-order valence-corrected chi connectivity index (χ2v) is 9.31. The van der Waals surface area contributed by atoms with Crippen LogP contribution in [0.15, 0.2) is 41.2 Å². The van der Waals surface area contributed by atoms with Gasteiger partial charge in [0.25, 0.3) is 5.91 Å². The number of anilines is 1. The minimum absolute atomic E-state index is 0.166. The smallest absolute Gasteiger partial charge is 0.337 e. The number of ether oxygens (including phenoxy) is 1. The van der Waals surface area contributed by atoms with Crippen LogP contribution in [-0.4, -0.2) is 33.9 Å². The van der Waals surface area contributed by atoms with E-state index in [1.807, 2.05) is 12.1 Å². The minimum Gasteiger partial charge on any atom is -0.465 e. The zero-order valence-electron chi connectivity index (χ0n) is 18.8. The van der Waals surface area contributed by atoms with Crippen LogP contribution in [0.3, 0.4) is 0 Å². The van der Waals surface area contributed by atoms with Crippen LogP contribution in [0.25, 0.3) is 0 Å². The van der Waals surface area contributed by atoms with Gasteiger partial charge in [0, 0.05) is 18.2 Å². The summed E-state index contributed by atoms with van der Waals surface area (Å²) in [5, 5.41) is 11.3. The molecule has 8 heteroatoms. The van der Waals surface area contributed by atoms with Gasteiger partial charge in [-0.3, -0.25) is 9.48 Å². The highest BCUT2D eigenvalue weighted by molar-refractivity contribution is 6.03. The molecule has 0 bridgehead atoms. The summed E-state index contributed by atoms with van der Waals surface area (Å²) in [6.07, 6.45) is 6.01. The molecular weight excluding hydrogens is 408 g/mol. The number of aromatic nitrogens is 3. The molecule has 0 saturated heterocycles. The molecule has 1 aromatic carbocycles. The topological polar surface area (TPSA) is 99.2 Å². The Kier molecular flexibility index (Phi) is 5.86. The maximum atomic E-state index is 12.9. The third-order valence-electron chi connectivity index (χ3n) is 6.09. The average Bonchev–Trinajstić information content (AvgIpc) is 3.39. The third-order valence-corrected chi connectivity index (χ3v) is 6.09. The molecule has 168 valence electrons.